The first-order chi connectivity index (χ1) is 12.3. The molecule has 0 heterocycles. The molecule has 1 atom stereocenters. The van der Waals surface area contributed by atoms with Crippen molar-refractivity contribution >= 4 is 34.9 Å². The first-order valence-corrected chi connectivity index (χ1v) is 7.80. The molecule has 1 amide bonds. The fourth-order valence-electron chi connectivity index (χ4n) is 2.04. The summed E-state index contributed by atoms with van der Waals surface area (Å²) in [6.45, 7) is 1.37. The van der Waals surface area contributed by atoms with Crippen LogP contribution in [0.4, 0.5) is 11.4 Å². The molecule has 2 rings (SSSR count). The van der Waals surface area contributed by atoms with E-state index >= 15 is 0 Å². The van der Waals surface area contributed by atoms with Crippen molar-refractivity contribution in [3.63, 3.8) is 0 Å². The average Bonchev–Trinajstić information content (AvgIpc) is 2.62. The smallest absolute Gasteiger partial charge is 0.342 e. The Morgan fingerprint density at radius 3 is 2.54 bits per heavy atom. The summed E-state index contributed by atoms with van der Waals surface area (Å²) in [5, 5.41) is 13.7. The number of para-hydroxylation sites is 1. The molecule has 0 unspecified atom stereocenters. The highest BCUT2D eigenvalue weighted by Crippen LogP contribution is 2.25. The first-order valence-electron chi connectivity index (χ1n) is 7.42. The predicted molar refractivity (Wildman–Crippen MR) is 94.6 cm³/mol. The van der Waals surface area contributed by atoms with E-state index in [1.54, 1.807) is 24.3 Å². The van der Waals surface area contributed by atoms with Gasteiger partial charge in [-0.3, -0.25) is 14.9 Å². The number of non-ortho nitro benzene ring substituents is 1. The van der Waals surface area contributed by atoms with Crippen LogP contribution in [0.15, 0.2) is 42.5 Å². The number of rotatable bonds is 6. The third-order valence-corrected chi connectivity index (χ3v) is 3.73. The molecule has 0 aliphatic heterocycles. The van der Waals surface area contributed by atoms with Gasteiger partial charge in [-0.1, -0.05) is 23.7 Å². The molecule has 0 aliphatic rings. The van der Waals surface area contributed by atoms with Crippen molar-refractivity contribution in [2.75, 3.05) is 12.4 Å². The number of hydrogen-bond donors (Lipinski definition) is 1. The van der Waals surface area contributed by atoms with Crippen molar-refractivity contribution in [1.82, 2.24) is 0 Å². The van der Waals surface area contributed by atoms with Gasteiger partial charge < -0.3 is 14.8 Å². The van der Waals surface area contributed by atoms with Gasteiger partial charge in [-0.2, -0.15) is 0 Å². The van der Waals surface area contributed by atoms with E-state index in [9.17, 15) is 19.7 Å². The Labute approximate surface area is 153 Å². The Bertz CT molecular complexity index is 855. The molecular weight excluding hydrogens is 364 g/mol. The lowest BCUT2D eigenvalue weighted by atomic mass is 10.1. The molecule has 0 fully saturated rings. The fraction of sp³-hybridized carbons (Fsp3) is 0.176. The number of halogens is 1. The van der Waals surface area contributed by atoms with E-state index < -0.39 is 22.9 Å². The SMILES string of the molecule is COc1ccc([N+](=O)[O-])cc1C(=O)O[C@H](C)C(=O)Nc1ccccc1Cl. The number of nitrogens with one attached hydrogen (secondary N) is 1. The van der Waals surface area contributed by atoms with E-state index in [1.807, 2.05) is 0 Å². The molecule has 8 nitrogen and oxygen atoms in total. The van der Waals surface area contributed by atoms with Gasteiger partial charge in [-0.05, 0) is 25.1 Å². The Morgan fingerprint density at radius 1 is 1.23 bits per heavy atom. The lowest BCUT2D eigenvalue weighted by Crippen LogP contribution is -2.30. The normalized spacial score (nSPS) is 11.3. The summed E-state index contributed by atoms with van der Waals surface area (Å²) in [6.07, 6.45) is -1.16. The molecule has 0 aromatic heterocycles. The van der Waals surface area contributed by atoms with Crippen LogP contribution >= 0.6 is 11.6 Å². The van der Waals surface area contributed by atoms with Gasteiger partial charge >= 0.3 is 5.97 Å². The molecule has 9 heteroatoms. The van der Waals surface area contributed by atoms with Crippen LogP contribution in [0.2, 0.25) is 5.02 Å². The van der Waals surface area contributed by atoms with Crippen LogP contribution in [0.5, 0.6) is 5.75 Å². The van der Waals surface area contributed by atoms with Crippen molar-refractivity contribution in [3.8, 4) is 5.75 Å². The second-order valence-corrected chi connectivity index (χ2v) is 5.57. The number of nitrogens with zero attached hydrogens (tertiary/aromatic N) is 1. The average molecular weight is 379 g/mol. The van der Waals surface area contributed by atoms with Gasteiger partial charge in [0.2, 0.25) is 0 Å². The Morgan fingerprint density at radius 2 is 1.92 bits per heavy atom. The summed E-state index contributed by atoms with van der Waals surface area (Å²) in [4.78, 5) is 34.7. The van der Waals surface area contributed by atoms with Crippen LogP contribution in [0.25, 0.3) is 0 Å². The first kappa shape index (κ1) is 19.2. The molecule has 136 valence electrons. The maximum absolute atomic E-state index is 12.3. The van der Waals surface area contributed by atoms with Crippen molar-refractivity contribution in [2.45, 2.75) is 13.0 Å². The Kier molecular flexibility index (Phi) is 6.13. The molecule has 0 spiro atoms. The number of anilines is 1. The minimum Gasteiger partial charge on any atom is -0.496 e. The third kappa shape index (κ3) is 4.48. The molecule has 0 radical (unpaired) electrons. The lowest BCUT2D eigenvalue weighted by molar-refractivity contribution is -0.384. The van der Waals surface area contributed by atoms with Crippen molar-refractivity contribution < 1.29 is 24.0 Å². The lowest BCUT2D eigenvalue weighted by Gasteiger charge is -2.15. The minimum absolute atomic E-state index is 0.0966. The summed E-state index contributed by atoms with van der Waals surface area (Å²) >= 11 is 5.96. The monoisotopic (exact) mass is 378 g/mol. The zero-order valence-corrected chi connectivity index (χ0v) is 14.6. The van der Waals surface area contributed by atoms with E-state index in [2.05, 4.69) is 5.32 Å². The fourth-order valence-corrected chi connectivity index (χ4v) is 2.23. The van der Waals surface area contributed by atoms with Gasteiger partial charge in [0.15, 0.2) is 6.10 Å². The minimum atomic E-state index is -1.16. The van der Waals surface area contributed by atoms with Crippen LogP contribution in [-0.4, -0.2) is 30.0 Å². The number of nitro groups is 1. The second-order valence-electron chi connectivity index (χ2n) is 5.16. The Hall–Kier alpha value is -3.13. The summed E-state index contributed by atoms with van der Waals surface area (Å²) in [5.74, 6) is -1.43. The zero-order chi connectivity index (χ0) is 19.3. The highest BCUT2D eigenvalue weighted by Gasteiger charge is 2.24. The molecule has 2 aromatic carbocycles. The molecule has 0 aliphatic carbocycles. The van der Waals surface area contributed by atoms with Crippen molar-refractivity contribution in [2.24, 2.45) is 0 Å². The number of esters is 1. The van der Waals surface area contributed by atoms with E-state index in [0.29, 0.717) is 10.7 Å². The quantitative estimate of drug-likeness (QED) is 0.468. The Balaban J connectivity index is 2.13. The van der Waals surface area contributed by atoms with Crippen LogP contribution in [-0.2, 0) is 9.53 Å². The highest BCUT2D eigenvalue weighted by molar-refractivity contribution is 6.33. The predicted octanol–water partition coefficient (Wildman–Crippen LogP) is 3.44. The van der Waals surface area contributed by atoms with E-state index in [4.69, 9.17) is 21.1 Å². The maximum Gasteiger partial charge on any atom is 0.342 e. The van der Waals surface area contributed by atoms with Crippen LogP contribution in [0.1, 0.15) is 17.3 Å². The number of amides is 1. The zero-order valence-electron chi connectivity index (χ0n) is 13.9. The number of nitro benzene ring substituents is 1. The number of hydrogen-bond acceptors (Lipinski definition) is 6. The van der Waals surface area contributed by atoms with Gasteiger partial charge in [0.25, 0.3) is 11.6 Å². The highest BCUT2D eigenvalue weighted by atomic mass is 35.5. The van der Waals surface area contributed by atoms with Crippen LogP contribution in [0.3, 0.4) is 0 Å². The summed E-state index contributed by atoms with van der Waals surface area (Å²) in [6, 6.07) is 10.1. The molecule has 0 saturated carbocycles. The van der Waals surface area contributed by atoms with Gasteiger partial charge in [-0.25, -0.2) is 4.79 Å². The van der Waals surface area contributed by atoms with Gasteiger partial charge in [0.1, 0.15) is 11.3 Å². The number of benzene rings is 2. The summed E-state index contributed by atoms with van der Waals surface area (Å²) in [5.41, 5.74) is -0.0833. The summed E-state index contributed by atoms with van der Waals surface area (Å²) in [7, 11) is 1.31. The van der Waals surface area contributed by atoms with E-state index in [-0.39, 0.29) is 17.0 Å². The largest absolute Gasteiger partial charge is 0.496 e. The van der Waals surface area contributed by atoms with Gasteiger partial charge in [0, 0.05) is 12.1 Å². The molecule has 0 saturated heterocycles. The third-order valence-electron chi connectivity index (χ3n) is 3.40. The van der Waals surface area contributed by atoms with Crippen LogP contribution < -0.4 is 10.1 Å². The number of carbonyl (C=O) groups is 2. The number of methoxy groups -OCH3 is 1. The molecule has 26 heavy (non-hydrogen) atoms. The van der Waals surface area contributed by atoms with Gasteiger partial charge in [0.05, 0.1) is 22.7 Å². The molecule has 0 bridgehead atoms. The molecule has 1 N–H and O–H groups in total. The topological polar surface area (TPSA) is 108 Å². The standard InChI is InChI=1S/C17H15ClN2O6/c1-10(16(21)19-14-6-4-3-5-13(14)18)26-17(22)12-9-11(20(23)24)7-8-15(12)25-2/h3-10H,1-2H3,(H,19,21)/t10-/m1/s1. The van der Waals surface area contributed by atoms with Gasteiger partial charge in [-0.15, -0.1) is 0 Å². The molecule has 2 aromatic rings. The summed E-state index contributed by atoms with van der Waals surface area (Å²) < 4.78 is 10.1. The number of ether oxygens (including phenoxy) is 2. The maximum atomic E-state index is 12.3. The van der Waals surface area contributed by atoms with Crippen molar-refractivity contribution in [1.29, 1.82) is 0 Å². The van der Waals surface area contributed by atoms with E-state index in [0.717, 1.165) is 6.07 Å². The second kappa shape index (κ2) is 8.30. The number of carbonyl (C=O) groups excluding carboxylic acids is 2. The van der Waals surface area contributed by atoms with E-state index in [1.165, 1.54) is 26.2 Å². The van der Waals surface area contributed by atoms with Crippen LogP contribution in [0, 0.1) is 10.1 Å². The molecular formula is C17H15ClN2O6. The van der Waals surface area contributed by atoms with Crippen molar-refractivity contribution in [3.05, 3.63) is 63.2 Å².